The summed E-state index contributed by atoms with van der Waals surface area (Å²) in [5.74, 6) is -0.205. The summed E-state index contributed by atoms with van der Waals surface area (Å²) in [4.78, 5) is 12.3. The van der Waals surface area contributed by atoms with Gasteiger partial charge in [0.1, 0.15) is 5.41 Å². The van der Waals surface area contributed by atoms with E-state index >= 15 is 0 Å². The molecule has 0 aromatic rings. The highest BCUT2D eigenvalue weighted by Crippen LogP contribution is 2.21. The SMILES string of the molecule is CCCCOCC(C)(COCCCC)C(=O)OCCCC. The standard InChI is InChI=1S/C17H34O4/c1-5-8-11-19-14-17(4,15-20-12-9-6-2)16(18)21-13-10-7-3/h5-15H2,1-4H3. The second-order valence-electron chi connectivity index (χ2n) is 5.86. The lowest BCUT2D eigenvalue weighted by molar-refractivity contribution is -0.163. The molecule has 0 spiro atoms. The van der Waals surface area contributed by atoms with E-state index in [1.807, 2.05) is 6.92 Å². The van der Waals surface area contributed by atoms with Crippen LogP contribution < -0.4 is 0 Å². The van der Waals surface area contributed by atoms with Gasteiger partial charge in [0.2, 0.25) is 0 Å². The van der Waals surface area contributed by atoms with Gasteiger partial charge in [0.25, 0.3) is 0 Å². The minimum absolute atomic E-state index is 0.205. The molecule has 0 aromatic carbocycles. The Kier molecular flexibility index (Phi) is 12.7. The van der Waals surface area contributed by atoms with Crippen LogP contribution in [0.2, 0.25) is 0 Å². The van der Waals surface area contributed by atoms with Crippen molar-refractivity contribution in [3.05, 3.63) is 0 Å². The quantitative estimate of drug-likeness (QED) is 0.360. The number of rotatable bonds is 14. The van der Waals surface area contributed by atoms with Crippen molar-refractivity contribution in [2.75, 3.05) is 33.0 Å². The molecule has 0 aliphatic carbocycles. The normalized spacial score (nSPS) is 11.6. The average Bonchev–Trinajstić information content (AvgIpc) is 2.48. The topological polar surface area (TPSA) is 44.8 Å². The van der Waals surface area contributed by atoms with Crippen molar-refractivity contribution < 1.29 is 19.0 Å². The smallest absolute Gasteiger partial charge is 0.316 e. The van der Waals surface area contributed by atoms with Gasteiger partial charge in [-0.3, -0.25) is 4.79 Å². The number of esters is 1. The van der Waals surface area contributed by atoms with Crippen LogP contribution in [0.4, 0.5) is 0 Å². The summed E-state index contributed by atoms with van der Waals surface area (Å²) in [6.45, 7) is 10.8. The third kappa shape index (κ3) is 9.86. The minimum atomic E-state index is -0.699. The summed E-state index contributed by atoms with van der Waals surface area (Å²) in [5, 5.41) is 0. The van der Waals surface area contributed by atoms with Gasteiger partial charge < -0.3 is 14.2 Å². The Morgan fingerprint density at radius 2 is 1.24 bits per heavy atom. The number of hydrogen-bond acceptors (Lipinski definition) is 4. The summed E-state index contributed by atoms with van der Waals surface area (Å²) < 4.78 is 16.6. The van der Waals surface area contributed by atoms with E-state index in [1.54, 1.807) is 0 Å². The van der Waals surface area contributed by atoms with Gasteiger partial charge in [-0.25, -0.2) is 0 Å². The first-order valence-electron chi connectivity index (χ1n) is 8.43. The molecule has 4 heteroatoms. The Balaban J connectivity index is 4.31. The first-order chi connectivity index (χ1) is 10.1. The Bertz CT molecular complexity index is 241. The van der Waals surface area contributed by atoms with Crippen LogP contribution in [0.15, 0.2) is 0 Å². The van der Waals surface area contributed by atoms with Crippen LogP contribution >= 0.6 is 0 Å². The Morgan fingerprint density at radius 1 is 0.810 bits per heavy atom. The fourth-order valence-corrected chi connectivity index (χ4v) is 1.73. The van der Waals surface area contributed by atoms with Gasteiger partial charge in [0.05, 0.1) is 19.8 Å². The molecule has 0 aliphatic heterocycles. The third-order valence-corrected chi connectivity index (χ3v) is 3.35. The molecule has 0 saturated carbocycles. The zero-order valence-electron chi connectivity index (χ0n) is 14.4. The fraction of sp³-hybridized carbons (Fsp3) is 0.941. The Labute approximate surface area is 130 Å². The van der Waals surface area contributed by atoms with Crippen molar-refractivity contribution in [3.63, 3.8) is 0 Å². The zero-order chi connectivity index (χ0) is 16.0. The number of unbranched alkanes of at least 4 members (excludes halogenated alkanes) is 3. The van der Waals surface area contributed by atoms with Crippen molar-refractivity contribution in [3.8, 4) is 0 Å². The van der Waals surface area contributed by atoms with Crippen LogP contribution in [-0.4, -0.2) is 39.0 Å². The molecule has 0 bridgehead atoms. The number of hydrogen-bond donors (Lipinski definition) is 0. The van der Waals surface area contributed by atoms with Gasteiger partial charge >= 0.3 is 5.97 Å². The average molecular weight is 302 g/mol. The van der Waals surface area contributed by atoms with E-state index in [0.29, 0.717) is 33.0 Å². The van der Waals surface area contributed by atoms with Crippen LogP contribution in [0.5, 0.6) is 0 Å². The molecule has 0 heterocycles. The van der Waals surface area contributed by atoms with E-state index in [1.165, 1.54) is 0 Å². The van der Waals surface area contributed by atoms with Crippen molar-refractivity contribution in [2.45, 2.75) is 66.2 Å². The predicted molar refractivity (Wildman–Crippen MR) is 85.4 cm³/mol. The van der Waals surface area contributed by atoms with Gasteiger partial charge in [-0.05, 0) is 26.2 Å². The first kappa shape index (κ1) is 20.4. The van der Waals surface area contributed by atoms with Gasteiger partial charge in [0.15, 0.2) is 0 Å². The van der Waals surface area contributed by atoms with Gasteiger partial charge in [0, 0.05) is 13.2 Å². The molecule has 0 aromatic heterocycles. The molecule has 0 saturated heterocycles. The van der Waals surface area contributed by atoms with E-state index < -0.39 is 5.41 Å². The highest BCUT2D eigenvalue weighted by molar-refractivity contribution is 5.76. The molecule has 0 radical (unpaired) electrons. The largest absolute Gasteiger partial charge is 0.465 e. The van der Waals surface area contributed by atoms with Gasteiger partial charge in [-0.1, -0.05) is 40.0 Å². The highest BCUT2D eigenvalue weighted by Gasteiger charge is 2.35. The molecule has 0 amide bonds. The van der Waals surface area contributed by atoms with E-state index in [2.05, 4.69) is 20.8 Å². The monoisotopic (exact) mass is 302 g/mol. The molecular weight excluding hydrogens is 268 g/mol. The molecule has 0 N–H and O–H groups in total. The van der Waals surface area contributed by atoms with Crippen molar-refractivity contribution in [2.24, 2.45) is 5.41 Å². The van der Waals surface area contributed by atoms with Gasteiger partial charge in [-0.2, -0.15) is 0 Å². The molecule has 0 atom stereocenters. The summed E-state index contributed by atoms with van der Waals surface area (Å²) in [7, 11) is 0. The summed E-state index contributed by atoms with van der Waals surface area (Å²) in [5.41, 5.74) is -0.699. The lowest BCUT2D eigenvalue weighted by atomic mass is 9.93. The molecule has 0 fully saturated rings. The predicted octanol–water partition coefficient (Wildman–Crippen LogP) is 3.97. The summed E-state index contributed by atoms with van der Waals surface area (Å²) in [6, 6.07) is 0. The maximum Gasteiger partial charge on any atom is 0.316 e. The Hall–Kier alpha value is -0.610. The second-order valence-corrected chi connectivity index (χ2v) is 5.86. The van der Waals surface area contributed by atoms with Gasteiger partial charge in [-0.15, -0.1) is 0 Å². The van der Waals surface area contributed by atoms with E-state index in [9.17, 15) is 4.79 Å². The molecule has 0 unspecified atom stereocenters. The van der Waals surface area contributed by atoms with Crippen LogP contribution in [-0.2, 0) is 19.0 Å². The lowest BCUT2D eigenvalue weighted by Gasteiger charge is -2.27. The van der Waals surface area contributed by atoms with Crippen LogP contribution in [0, 0.1) is 5.41 Å². The van der Waals surface area contributed by atoms with E-state index in [4.69, 9.17) is 14.2 Å². The molecule has 4 nitrogen and oxygen atoms in total. The number of ether oxygens (including phenoxy) is 3. The second kappa shape index (κ2) is 13.1. The summed E-state index contributed by atoms with van der Waals surface area (Å²) >= 11 is 0. The highest BCUT2D eigenvalue weighted by atomic mass is 16.5. The van der Waals surface area contributed by atoms with Crippen molar-refractivity contribution >= 4 is 5.97 Å². The molecule has 0 rings (SSSR count). The minimum Gasteiger partial charge on any atom is -0.465 e. The first-order valence-corrected chi connectivity index (χ1v) is 8.43. The maximum absolute atomic E-state index is 12.3. The maximum atomic E-state index is 12.3. The zero-order valence-corrected chi connectivity index (χ0v) is 14.4. The van der Waals surface area contributed by atoms with E-state index in [-0.39, 0.29) is 5.97 Å². The molecular formula is C17H34O4. The van der Waals surface area contributed by atoms with Crippen molar-refractivity contribution in [1.82, 2.24) is 0 Å². The number of carbonyl (C=O) groups excluding carboxylic acids is 1. The molecule has 0 aliphatic rings. The molecule has 126 valence electrons. The van der Waals surface area contributed by atoms with Crippen LogP contribution in [0.3, 0.4) is 0 Å². The number of carbonyl (C=O) groups is 1. The van der Waals surface area contributed by atoms with Crippen molar-refractivity contribution in [1.29, 1.82) is 0 Å². The van der Waals surface area contributed by atoms with Crippen LogP contribution in [0.25, 0.3) is 0 Å². The summed E-state index contributed by atoms with van der Waals surface area (Å²) in [6.07, 6.45) is 6.11. The fourth-order valence-electron chi connectivity index (χ4n) is 1.73. The van der Waals surface area contributed by atoms with E-state index in [0.717, 1.165) is 38.5 Å². The Morgan fingerprint density at radius 3 is 1.67 bits per heavy atom. The molecule has 21 heavy (non-hydrogen) atoms. The van der Waals surface area contributed by atoms with Crippen LogP contribution in [0.1, 0.15) is 66.2 Å². The third-order valence-electron chi connectivity index (χ3n) is 3.35. The lowest BCUT2D eigenvalue weighted by Crippen LogP contribution is -2.39.